The van der Waals surface area contributed by atoms with E-state index in [9.17, 15) is 8.42 Å². The molecule has 4 rings (SSSR count). The van der Waals surface area contributed by atoms with Gasteiger partial charge >= 0.3 is 0 Å². The minimum atomic E-state index is -3.81. The number of fused-ring (bicyclic) bond motifs is 1. The third kappa shape index (κ3) is 4.80. The third-order valence-corrected chi connectivity index (χ3v) is 7.50. The predicted molar refractivity (Wildman–Crippen MR) is 135 cm³/mol. The highest BCUT2D eigenvalue weighted by Crippen LogP contribution is 2.29. The lowest BCUT2D eigenvalue weighted by Gasteiger charge is -2.19. The Labute approximate surface area is 200 Å². The minimum absolute atomic E-state index is 0.0586. The van der Waals surface area contributed by atoms with Gasteiger partial charge < -0.3 is 4.90 Å². The van der Waals surface area contributed by atoms with Gasteiger partial charge in [0.15, 0.2) is 0 Å². The maximum Gasteiger partial charge on any atom is 0.263 e. The molecule has 33 heavy (non-hydrogen) atoms. The van der Waals surface area contributed by atoms with Gasteiger partial charge in [0, 0.05) is 13.6 Å². The Morgan fingerprint density at radius 1 is 1.09 bits per heavy atom. The average molecular weight is 485 g/mol. The fraction of sp³-hybridized carbons (Fsp3) is 0.320. The highest BCUT2D eigenvalue weighted by molar-refractivity contribution is 7.92. The molecule has 0 bridgehead atoms. The Balaban J connectivity index is 1.73. The molecule has 1 aliphatic heterocycles. The lowest BCUT2D eigenvalue weighted by Crippen LogP contribution is -2.18. The molecule has 3 heterocycles. The van der Waals surface area contributed by atoms with Crippen molar-refractivity contribution in [2.45, 2.75) is 44.4 Å². The number of pyridine rings is 1. The van der Waals surface area contributed by atoms with Crippen molar-refractivity contribution in [1.29, 1.82) is 0 Å². The average Bonchev–Trinajstić information content (AvgIpc) is 3.12. The van der Waals surface area contributed by atoms with Crippen LogP contribution in [0.3, 0.4) is 0 Å². The smallest absolute Gasteiger partial charge is 0.263 e. The van der Waals surface area contributed by atoms with Gasteiger partial charge in [0.25, 0.3) is 10.0 Å². The van der Waals surface area contributed by atoms with Gasteiger partial charge in [-0.1, -0.05) is 56.2 Å². The largest absolute Gasteiger partial charge is 0.372 e. The van der Waals surface area contributed by atoms with Crippen LogP contribution in [0.1, 0.15) is 45.4 Å². The Morgan fingerprint density at radius 3 is 2.45 bits per heavy atom. The van der Waals surface area contributed by atoms with Crippen molar-refractivity contribution in [3.8, 4) is 0 Å². The molecule has 0 aliphatic carbocycles. The summed E-state index contributed by atoms with van der Waals surface area (Å²) in [6.07, 6.45) is 5.23. The van der Waals surface area contributed by atoms with Gasteiger partial charge in [-0.25, -0.2) is 12.9 Å². The van der Waals surface area contributed by atoms with E-state index in [1.807, 2.05) is 25.2 Å². The predicted octanol–water partition coefficient (Wildman–Crippen LogP) is 5.71. The fourth-order valence-electron chi connectivity index (χ4n) is 3.84. The van der Waals surface area contributed by atoms with Crippen molar-refractivity contribution in [2.75, 3.05) is 18.3 Å². The van der Waals surface area contributed by atoms with E-state index in [1.165, 1.54) is 0 Å². The van der Waals surface area contributed by atoms with Crippen molar-refractivity contribution < 1.29 is 8.42 Å². The zero-order valence-electron chi connectivity index (χ0n) is 19.6. The maximum absolute atomic E-state index is 13.1. The van der Waals surface area contributed by atoms with Gasteiger partial charge in [-0.15, -0.1) is 0 Å². The lowest BCUT2D eigenvalue weighted by atomic mass is 9.87. The van der Waals surface area contributed by atoms with E-state index >= 15 is 0 Å². The van der Waals surface area contributed by atoms with Crippen LogP contribution in [-0.2, 0) is 15.4 Å². The summed E-state index contributed by atoms with van der Waals surface area (Å²) in [4.78, 5) is 2.33. The first-order valence-electron chi connectivity index (χ1n) is 10.9. The quantitative estimate of drug-likeness (QED) is 0.515. The van der Waals surface area contributed by atoms with Crippen LogP contribution in [0.15, 0.2) is 65.1 Å². The van der Waals surface area contributed by atoms with Crippen LogP contribution >= 0.6 is 11.6 Å². The molecule has 1 aliphatic rings. The van der Waals surface area contributed by atoms with E-state index in [4.69, 9.17) is 16.7 Å². The summed E-state index contributed by atoms with van der Waals surface area (Å²) in [5.41, 5.74) is 4.50. The summed E-state index contributed by atoms with van der Waals surface area (Å²) in [6, 6.07) is 12.2. The molecule has 0 fully saturated rings. The number of anilines is 1. The summed E-state index contributed by atoms with van der Waals surface area (Å²) in [5, 5.41) is 5.21. The van der Waals surface area contributed by atoms with Gasteiger partial charge in [-0.05, 0) is 60.7 Å². The molecule has 0 spiro atoms. The maximum atomic E-state index is 13.1. The topological polar surface area (TPSA) is 66.7 Å². The van der Waals surface area contributed by atoms with Crippen molar-refractivity contribution in [3.05, 3.63) is 76.5 Å². The number of nitrogens with one attached hydrogen (secondary N) is 1. The number of aromatic nitrogens is 2. The van der Waals surface area contributed by atoms with Crippen LogP contribution in [0, 0.1) is 0 Å². The second-order valence-corrected chi connectivity index (χ2v) is 11.6. The molecule has 0 amide bonds. The molecular weight excluding hydrogens is 456 g/mol. The van der Waals surface area contributed by atoms with E-state index in [0.717, 1.165) is 35.5 Å². The summed E-state index contributed by atoms with van der Waals surface area (Å²) >= 11 is 6.44. The molecule has 3 aromatic rings. The van der Waals surface area contributed by atoms with Gasteiger partial charge in [0.2, 0.25) is 0 Å². The first kappa shape index (κ1) is 23.4. The summed E-state index contributed by atoms with van der Waals surface area (Å²) in [5.74, 6) is 0.324. The zero-order chi connectivity index (χ0) is 24.0. The molecule has 1 N–H and O–H groups in total. The van der Waals surface area contributed by atoms with E-state index in [0.29, 0.717) is 16.4 Å². The number of sulfonamides is 1. The minimum Gasteiger partial charge on any atom is -0.372 e. The highest BCUT2D eigenvalue weighted by Gasteiger charge is 2.21. The number of hydrogen-bond acceptors (Lipinski definition) is 4. The van der Waals surface area contributed by atoms with Crippen LogP contribution in [0.5, 0.6) is 0 Å². The Morgan fingerprint density at radius 2 is 1.79 bits per heavy atom. The molecule has 1 aromatic carbocycles. The Bertz CT molecular complexity index is 1360. The molecule has 6 nitrogen and oxygen atoms in total. The lowest BCUT2D eigenvalue weighted by molar-refractivity contribution is 0.489. The number of rotatable bonds is 4. The molecule has 0 unspecified atom stereocenters. The molecule has 174 valence electrons. The van der Waals surface area contributed by atoms with Crippen molar-refractivity contribution in [1.82, 2.24) is 14.5 Å². The number of hydrogen-bond donors (Lipinski definition) is 1. The number of allylic oxidation sites excluding steroid dienone is 2. The molecule has 8 heteroatoms. The van der Waals surface area contributed by atoms with Crippen LogP contribution in [0.4, 0.5) is 5.82 Å². The SMILES string of the molecule is CC1=CCCN(C)C(c2cc3c(Cl)ccc(NS(=O)(=O)c4ccc(C(C)(C)C)cc4)n3n2)=C1. The van der Waals surface area contributed by atoms with Crippen molar-refractivity contribution in [2.24, 2.45) is 0 Å². The second-order valence-electron chi connectivity index (χ2n) is 9.46. The monoisotopic (exact) mass is 484 g/mol. The van der Waals surface area contributed by atoms with Gasteiger partial charge in [-0.3, -0.25) is 4.72 Å². The Hall–Kier alpha value is -2.77. The van der Waals surface area contributed by atoms with Gasteiger partial charge in [0.1, 0.15) is 11.5 Å². The number of benzene rings is 1. The molecular formula is C25H29ClN4O2S. The highest BCUT2D eigenvalue weighted by atomic mass is 35.5. The van der Waals surface area contributed by atoms with Gasteiger partial charge in [-0.2, -0.15) is 5.10 Å². The molecule has 2 aromatic heterocycles. The standard InChI is InChI=1S/C25H29ClN4O2S/c1-17-7-6-14-29(5)23(15-17)21-16-22-20(26)12-13-24(30(22)27-21)28-33(31,32)19-10-8-18(9-11-19)25(2,3)4/h7-13,15-16,28H,6,14H2,1-5H3. The third-order valence-electron chi connectivity index (χ3n) is 5.81. The number of halogens is 1. The zero-order valence-corrected chi connectivity index (χ0v) is 21.1. The van der Waals surface area contributed by atoms with Crippen molar-refractivity contribution in [3.63, 3.8) is 0 Å². The summed E-state index contributed by atoms with van der Waals surface area (Å²) in [6.45, 7) is 9.20. The van der Waals surface area contributed by atoms with Crippen LogP contribution in [-0.4, -0.2) is 36.5 Å². The first-order chi connectivity index (χ1) is 15.5. The van der Waals surface area contributed by atoms with Crippen LogP contribution in [0.25, 0.3) is 11.2 Å². The van der Waals surface area contributed by atoms with Gasteiger partial charge in [0.05, 0.1) is 21.1 Å². The second kappa shape index (κ2) is 8.54. The van der Waals surface area contributed by atoms with E-state index < -0.39 is 10.0 Å². The first-order valence-corrected chi connectivity index (χ1v) is 12.7. The fourth-order valence-corrected chi connectivity index (χ4v) is 5.08. The van der Waals surface area contributed by atoms with Crippen LogP contribution in [0.2, 0.25) is 5.02 Å². The molecule has 0 saturated carbocycles. The normalized spacial score (nSPS) is 15.3. The number of nitrogens with zero attached hydrogens (tertiary/aromatic N) is 3. The van der Waals surface area contributed by atoms with E-state index in [-0.39, 0.29) is 10.3 Å². The molecule has 0 radical (unpaired) electrons. The molecule has 0 atom stereocenters. The molecule has 0 saturated heterocycles. The van der Waals surface area contributed by atoms with E-state index in [2.05, 4.69) is 49.5 Å². The van der Waals surface area contributed by atoms with Crippen LogP contribution < -0.4 is 4.72 Å². The summed E-state index contributed by atoms with van der Waals surface area (Å²) in [7, 11) is -1.79. The summed E-state index contributed by atoms with van der Waals surface area (Å²) < 4.78 is 30.5. The van der Waals surface area contributed by atoms with E-state index in [1.54, 1.807) is 28.8 Å². The van der Waals surface area contributed by atoms with Crippen molar-refractivity contribution >= 4 is 38.7 Å². The Kier molecular flexibility index (Phi) is 6.05.